The molecule has 0 aliphatic carbocycles. The predicted octanol–water partition coefficient (Wildman–Crippen LogP) is 4.28. The van der Waals surface area contributed by atoms with Crippen LogP contribution in [0.15, 0.2) is 12.1 Å². The Morgan fingerprint density at radius 2 is 1.05 bits per heavy atom. The van der Waals surface area contributed by atoms with Crippen LogP contribution in [0.25, 0.3) is 0 Å². The Kier molecular flexibility index (Phi) is 12.0. The van der Waals surface area contributed by atoms with Crippen LogP contribution in [-0.4, -0.2) is 71.6 Å². The van der Waals surface area contributed by atoms with Gasteiger partial charge in [0, 0.05) is 33.0 Å². The van der Waals surface area contributed by atoms with Gasteiger partial charge in [0.05, 0.1) is 0 Å². The topological polar surface area (TPSA) is 115 Å². The number of aliphatic hydroxyl groups excluding tert-OH is 2. The Hall–Kier alpha value is -3.14. The standard InChI is InChI=1S/C31H45NO8/c1-17(2)32(13-26(35)15-37-28-11-18(3)30(39-24(9)33)22(7)20(28)5)14-27(36)16-38-29-12-19(4)31(40-25(10)34)23(8)21(29)6/h11-12,17,26-27,35-36H,13-16H2,1-10H3/t26-,27-/m0/s1. The van der Waals surface area contributed by atoms with Gasteiger partial charge in [0.1, 0.15) is 48.4 Å². The van der Waals surface area contributed by atoms with E-state index >= 15 is 0 Å². The second-order valence-corrected chi connectivity index (χ2v) is 10.7. The Balaban J connectivity index is 1.99. The molecular formula is C31H45NO8. The van der Waals surface area contributed by atoms with Crippen molar-refractivity contribution in [3.63, 3.8) is 0 Å². The maximum atomic E-state index is 11.4. The molecule has 0 unspecified atom stereocenters. The van der Waals surface area contributed by atoms with Crippen molar-refractivity contribution in [3.8, 4) is 23.0 Å². The summed E-state index contributed by atoms with van der Waals surface area (Å²) in [5.74, 6) is 1.54. The van der Waals surface area contributed by atoms with Crippen molar-refractivity contribution in [1.82, 2.24) is 4.90 Å². The zero-order valence-electron chi connectivity index (χ0n) is 25.5. The third-order valence-electron chi connectivity index (χ3n) is 6.93. The van der Waals surface area contributed by atoms with Gasteiger partial charge in [0.15, 0.2) is 0 Å². The molecule has 2 rings (SSSR count). The quantitative estimate of drug-likeness (QED) is 0.274. The Bertz CT molecular complexity index is 1120. The summed E-state index contributed by atoms with van der Waals surface area (Å²) in [7, 11) is 0. The molecule has 2 N–H and O–H groups in total. The molecule has 0 saturated carbocycles. The van der Waals surface area contributed by atoms with Gasteiger partial charge in [-0.2, -0.15) is 0 Å². The van der Waals surface area contributed by atoms with E-state index in [-0.39, 0.29) is 31.2 Å². The van der Waals surface area contributed by atoms with Crippen molar-refractivity contribution in [3.05, 3.63) is 45.5 Å². The number of nitrogens with zero attached hydrogens (tertiary/aromatic N) is 1. The maximum absolute atomic E-state index is 11.4. The predicted molar refractivity (Wildman–Crippen MR) is 154 cm³/mol. The third-order valence-corrected chi connectivity index (χ3v) is 6.93. The summed E-state index contributed by atoms with van der Waals surface area (Å²) in [5.41, 5.74) is 4.85. The van der Waals surface area contributed by atoms with Crippen LogP contribution in [0, 0.1) is 41.5 Å². The van der Waals surface area contributed by atoms with Gasteiger partial charge in [0.2, 0.25) is 0 Å². The highest BCUT2D eigenvalue weighted by Gasteiger charge is 2.21. The molecule has 222 valence electrons. The minimum atomic E-state index is -0.801. The molecule has 2 atom stereocenters. The highest BCUT2D eigenvalue weighted by Crippen LogP contribution is 2.34. The lowest BCUT2D eigenvalue weighted by Crippen LogP contribution is -2.45. The summed E-state index contributed by atoms with van der Waals surface area (Å²) in [4.78, 5) is 24.8. The van der Waals surface area contributed by atoms with Gasteiger partial charge in [-0.05, 0) is 101 Å². The van der Waals surface area contributed by atoms with Gasteiger partial charge in [-0.1, -0.05) is 0 Å². The van der Waals surface area contributed by atoms with Crippen LogP contribution >= 0.6 is 0 Å². The van der Waals surface area contributed by atoms with Crippen molar-refractivity contribution in [2.45, 2.75) is 87.5 Å². The molecule has 0 saturated heterocycles. The van der Waals surface area contributed by atoms with E-state index in [0.717, 1.165) is 33.4 Å². The average molecular weight is 560 g/mol. The molecule has 0 heterocycles. The maximum Gasteiger partial charge on any atom is 0.308 e. The molecule has 0 aliphatic heterocycles. The van der Waals surface area contributed by atoms with Crippen LogP contribution < -0.4 is 18.9 Å². The smallest absolute Gasteiger partial charge is 0.308 e. The fourth-order valence-corrected chi connectivity index (χ4v) is 4.46. The summed E-state index contributed by atoms with van der Waals surface area (Å²) in [5, 5.41) is 21.5. The normalized spacial score (nSPS) is 12.8. The number of aryl methyl sites for hydroxylation is 2. The largest absolute Gasteiger partial charge is 0.491 e. The first-order chi connectivity index (χ1) is 18.6. The SMILES string of the molecule is CC(=O)Oc1c(C)cc(OC[C@@H](O)CN(C[C@H](O)COc2cc(C)c(OC(C)=O)c(C)c2C)C(C)C)c(C)c1C. The van der Waals surface area contributed by atoms with E-state index in [4.69, 9.17) is 18.9 Å². The summed E-state index contributed by atoms with van der Waals surface area (Å²) >= 11 is 0. The fourth-order valence-electron chi connectivity index (χ4n) is 4.46. The van der Waals surface area contributed by atoms with Gasteiger partial charge in [-0.25, -0.2) is 0 Å². The number of hydrogen-bond acceptors (Lipinski definition) is 9. The van der Waals surface area contributed by atoms with E-state index in [9.17, 15) is 19.8 Å². The number of benzene rings is 2. The average Bonchev–Trinajstić information content (AvgIpc) is 2.86. The summed E-state index contributed by atoms with van der Waals surface area (Å²) < 4.78 is 22.6. The molecule has 9 heteroatoms. The van der Waals surface area contributed by atoms with Crippen molar-refractivity contribution in [2.75, 3.05) is 26.3 Å². The summed E-state index contributed by atoms with van der Waals surface area (Å²) in [6.07, 6.45) is -1.60. The van der Waals surface area contributed by atoms with Crippen molar-refractivity contribution >= 4 is 11.9 Å². The molecule has 0 bridgehead atoms. The van der Waals surface area contributed by atoms with E-state index in [1.165, 1.54) is 13.8 Å². The molecule has 0 aliphatic rings. The van der Waals surface area contributed by atoms with Crippen LogP contribution in [0.4, 0.5) is 0 Å². The number of aliphatic hydroxyl groups is 2. The number of rotatable bonds is 13. The van der Waals surface area contributed by atoms with Gasteiger partial charge in [-0.3, -0.25) is 14.5 Å². The van der Waals surface area contributed by atoms with Crippen LogP contribution in [0.1, 0.15) is 61.1 Å². The van der Waals surface area contributed by atoms with E-state index in [0.29, 0.717) is 36.1 Å². The van der Waals surface area contributed by atoms with Crippen LogP contribution in [0.3, 0.4) is 0 Å². The highest BCUT2D eigenvalue weighted by molar-refractivity contribution is 5.72. The van der Waals surface area contributed by atoms with Gasteiger partial charge < -0.3 is 29.2 Å². The Labute approximate surface area is 238 Å². The van der Waals surface area contributed by atoms with Crippen molar-refractivity contribution in [2.24, 2.45) is 0 Å². The van der Waals surface area contributed by atoms with Crippen molar-refractivity contribution in [1.29, 1.82) is 0 Å². The number of carbonyl (C=O) groups is 2. The van der Waals surface area contributed by atoms with Crippen LogP contribution in [0.5, 0.6) is 23.0 Å². The van der Waals surface area contributed by atoms with Crippen LogP contribution in [0.2, 0.25) is 0 Å². The second-order valence-electron chi connectivity index (χ2n) is 10.7. The Morgan fingerprint density at radius 1 is 0.700 bits per heavy atom. The minimum Gasteiger partial charge on any atom is -0.491 e. The monoisotopic (exact) mass is 559 g/mol. The van der Waals surface area contributed by atoms with E-state index in [1.54, 1.807) is 12.1 Å². The lowest BCUT2D eigenvalue weighted by Gasteiger charge is -2.31. The van der Waals surface area contributed by atoms with Gasteiger partial charge >= 0.3 is 11.9 Å². The van der Waals surface area contributed by atoms with E-state index < -0.39 is 12.2 Å². The van der Waals surface area contributed by atoms with Crippen molar-refractivity contribution < 1.29 is 38.7 Å². The minimum absolute atomic E-state index is 0.0628. The lowest BCUT2D eigenvalue weighted by atomic mass is 10.0. The molecule has 0 amide bonds. The van der Waals surface area contributed by atoms with Gasteiger partial charge in [-0.15, -0.1) is 0 Å². The third kappa shape index (κ3) is 8.94. The molecule has 0 radical (unpaired) electrons. The Morgan fingerprint density at radius 3 is 1.35 bits per heavy atom. The van der Waals surface area contributed by atoms with E-state index in [1.807, 2.05) is 60.3 Å². The zero-order valence-corrected chi connectivity index (χ0v) is 25.5. The molecule has 9 nitrogen and oxygen atoms in total. The first-order valence-electron chi connectivity index (χ1n) is 13.6. The lowest BCUT2D eigenvalue weighted by molar-refractivity contribution is -0.132. The number of esters is 2. The summed E-state index contributed by atoms with van der Waals surface area (Å²) in [6.45, 7) is 18.6. The number of carbonyl (C=O) groups excluding carboxylic acids is 2. The van der Waals surface area contributed by atoms with Crippen LogP contribution in [-0.2, 0) is 9.59 Å². The summed E-state index contributed by atoms with van der Waals surface area (Å²) in [6, 6.07) is 3.67. The molecule has 0 aromatic heterocycles. The molecule has 0 fully saturated rings. The first kappa shape index (κ1) is 33.1. The molecular weight excluding hydrogens is 514 g/mol. The zero-order chi connectivity index (χ0) is 30.3. The van der Waals surface area contributed by atoms with E-state index in [2.05, 4.69) is 0 Å². The van der Waals surface area contributed by atoms with Gasteiger partial charge in [0.25, 0.3) is 0 Å². The fraction of sp³-hybridized carbons (Fsp3) is 0.548. The second kappa shape index (κ2) is 14.5. The molecule has 40 heavy (non-hydrogen) atoms. The molecule has 0 spiro atoms. The highest BCUT2D eigenvalue weighted by atomic mass is 16.5. The first-order valence-corrected chi connectivity index (χ1v) is 13.6. The number of hydrogen-bond donors (Lipinski definition) is 2. The number of ether oxygens (including phenoxy) is 4. The molecule has 2 aromatic carbocycles. The molecule has 2 aromatic rings.